The van der Waals surface area contributed by atoms with Gasteiger partial charge in [-0.25, -0.2) is 0 Å². The number of amides is 1. The largest absolute Gasteiger partial charge is 0.481 e. The third-order valence-electron chi connectivity index (χ3n) is 2.41. The summed E-state index contributed by atoms with van der Waals surface area (Å²) in [5, 5.41) is 11.8. The smallest absolute Gasteiger partial charge is 0.258 e. The molecule has 0 fully saturated rings. The molecule has 1 aromatic rings. The lowest BCUT2D eigenvalue weighted by Gasteiger charge is -2.14. The molecule has 112 valence electrons. The van der Waals surface area contributed by atoms with E-state index in [9.17, 15) is 4.79 Å². The van der Waals surface area contributed by atoms with E-state index in [1.165, 1.54) is 0 Å². The second-order valence-corrected chi connectivity index (χ2v) is 5.97. The third-order valence-corrected chi connectivity index (χ3v) is 3.59. The van der Waals surface area contributed by atoms with E-state index < -0.39 is 0 Å². The molecule has 0 spiro atoms. The zero-order valence-electron chi connectivity index (χ0n) is 11.3. The van der Waals surface area contributed by atoms with Crippen LogP contribution in [0.4, 0.5) is 0 Å². The summed E-state index contributed by atoms with van der Waals surface area (Å²) in [6.45, 7) is 2.14. The summed E-state index contributed by atoms with van der Waals surface area (Å²) in [5.41, 5.74) is 0.745. The summed E-state index contributed by atoms with van der Waals surface area (Å²) in [7, 11) is 1.58. The highest BCUT2D eigenvalue weighted by atomic mass is 79.9. The number of carbonyl (C=O) groups is 1. The molecule has 0 aliphatic heterocycles. The number of hydrogen-bond acceptors (Lipinski definition) is 4. The first-order chi connectivity index (χ1) is 9.47. The van der Waals surface area contributed by atoms with Gasteiger partial charge in [-0.15, -0.1) is 0 Å². The number of benzene rings is 1. The third kappa shape index (κ3) is 5.40. The topological polar surface area (TPSA) is 67.8 Å². The van der Waals surface area contributed by atoms with Crippen molar-refractivity contribution in [1.82, 2.24) is 5.32 Å². The molecule has 1 rings (SSSR count). The Bertz CT molecular complexity index is 445. The van der Waals surface area contributed by atoms with Gasteiger partial charge in [0, 0.05) is 13.2 Å². The summed E-state index contributed by atoms with van der Waals surface area (Å²) >= 11 is 6.69. The Morgan fingerprint density at radius 2 is 2.00 bits per heavy atom. The molecule has 0 saturated heterocycles. The first-order valence-corrected chi connectivity index (χ1v) is 7.56. The van der Waals surface area contributed by atoms with Crippen LogP contribution in [0.1, 0.15) is 12.5 Å². The zero-order chi connectivity index (χ0) is 15.1. The molecule has 1 amide bonds. The maximum absolute atomic E-state index is 11.7. The molecule has 0 radical (unpaired) electrons. The normalized spacial score (nSPS) is 12.1. The summed E-state index contributed by atoms with van der Waals surface area (Å²) in [4.78, 5) is 11.7. The predicted octanol–water partition coefficient (Wildman–Crippen LogP) is 2.23. The summed E-state index contributed by atoms with van der Waals surface area (Å²) in [6.07, 6.45) is 0. The van der Waals surface area contributed by atoms with Crippen LogP contribution >= 0.6 is 31.9 Å². The average Bonchev–Trinajstić information content (AvgIpc) is 2.37. The number of methoxy groups -OCH3 is 1. The van der Waals surface area contributed by atoms with E-state index in [0.29, 0.717) is 21.3 Å². The predicted molar refractivity (Wildman–Crippen MR) is 82.7 cm³/mol. The molecule has 7 heteroatoms. The maximum Gasteiger partial charge on any atom is 0.258 e. The van der Waals surface area contributed by atoms with Gasteiger partial charge in [0.15, 0.2) is 6.61 Å². The SMILES string of the molecule is COCC(C)NC(=O)COc1c(Br)cc(CO)cc1Br. The van der Waals surface area contributed by atoms with Gasteiger partial charge in [0.1, 0.15) is 5.75 Å². The Kier molecular flexibility index (Phi) is 7.50. The van der Waals surface area contributed by atoms with E-state index in [2.05, 4.69) is 37.2 Å². The quantitative estimate of drug-likeness (QED) is 0.723. The van der Waals surface area contributed by atoms with Crippen molar-refractivity contribution in [2.75, 3.05) is 20.3 Å². The van der Waals surface area contributed by atoms with Crippen LogP contribution in [0.25, 0.3) is 0 Å². The highest BCUT2D eigenvalue weighted by molar-refractivity contribution is 9.11. The molecular weight excluding hydrogens is 394 g/mol. The molecule has 2 N–H and O–H groups in total. The van der Waals surface area contributed by atoms with Crippen molar-refractivity contribution in [3.63, 3.8) is 0 Å². The first-order valence-electron chi connectivity index (χ1n) is 5.97. The van der Waals surface area contributed by atoms with E-state index in [-0.39, 0.29) is 25.2 Å². The monoisotopic (exact) mass is 409 g/mol. The summed E-state index contributed by atoms with van der Waals surface area (Å²) < 4.78 is 11.8. The van der Waals surface area contributed by atoms with Crippen molar-refractivity contribution in [2.24, 2.45) is 0 Å². The maximum atomic E-state index is 11.7. The van der Waals surface area contributed by atoms with Crippen LogP contribution in [0.5, 0.6) is 5.75 Å². The Hall–Kier alpha value is -0.630. The number of aliphatic hydroxyl groups excluding tert-OH is 1. The van der Waals surface area contributed by atoms with Crippen molar-refractivity contribution >= 4 is 37.8 Å². The Morgan fingerprint density at radius 1 is 1.40 bits per heavy atom. The molecule has 0 saturated carbocycles. The standard InChI is InChI=1S/C13H17Br2NO4/c1-8(6-19-2)16-12(18)7-20-13-10(14)3-9(5-17)4-11(13)15/h3-4,8,17H,5-7H2,1-2H3,(H,16,18). The van der Waals surface area contributed by atoms with Gasteiger partial charge in [0.05, 0.1) is 22.2 Å². The highest BCUT2D eigenvalue weighted by Gasteiger charge is 2.12. The number of ether oxygens (including phenoxy) is 2. The van der Waals surface area contributed by atoms with E-state index in [0.717, 1.165) is 5.56 Å². The molecule has 0 aromatic heterocycles. The van der Waals surface area contributed by atoms with E-state index >= 15 is 0 Å². The molecule has 0 aliphatic rings. The van der Waals surface area contributed by atoms with Crippen molar-refractivity contribution in [1.29, 1.82) is 0 Å². The Balaban J connectivity index is 2.59. The number of hydrogen-bond donors (Lipinski definition) is 2. The van der Waals surface area contributed by atoms with Gasteiger partial charge >= 0.3 is 0 Å². The zero-order valence-corrected chi connectivity index (χ0v) is 14.5. The van der Waals surface area contributed by atoms with Crippen LogP contribution in [0.15, 0.2) is 21.1 Å². The van der Waals surface area contributed by atoms with Crippen molar-refractivity contribution in [3.8, 4) is 5.75 Å². The van der Waals surface area contributed by atoms with Crippen LogP contribution in [0.2, 0.25) is 0 Å². The fourth-order valence-electron chi connectivity index (χ4n) is 1.59. The van der Waals surface area contributed by atoms with Crippen LogP contribution < -0.4 is 10.1 Å². The first kappa shape index (κ1) is 17.4. The second kappa shape index (κ2) is 8.61. The molecule has 0 heterocycles. The van der Waals surface area contributed by atoms with Crippen LogP contribution in [0, 0.1) is 0 Å². The minimum Gasteiger partial charge on any atom is -0.481 e. The van der Waals surface area contributed by atoms with E-state index in [1.54, 1.807) is 19.2 Å². The van der Waals surface area contributed by atoms with Crippen molar-refractivity contribution < 1.29 is 19.4 Å². The molecule has 0 bridgehead atoms. The molecule has 1 unspecified atom stereocenters. The molecule has 5 nitrogen and oxygen atoms in total. The van der Waals surface area contributed by atoms with Crippen LogP contribution in [0.3, 0.4) is 0 Å². The van der Waals surface area contributed by atoms with Gasteiger partial charge in [0.2, 0.25) is 0 Å². The van der Waals surface area contributed by atoms with Gasteiger partial charge in [-0.2, -0.15) is 0 Å². The van der Waals surface area contributed by atoms with Gasteiger partial charge in [-0.05, 0) is 56.5 Å². The lowest BCUT2D eigenvalue weighted by atomic mass is 10.2. The highest BCUT2D eigenvalue weighted by Crippen LogP contribution is 2.34. The molecule has 1 atom stereocenters. The second-order valence-electron chi connectivity index (χ2n) is 4.26. The number of halogens is 2. The van der Waals surface area contributed by atoms with E-state index in [4.69, 9.17) is 14.6 Å². The number of nitrogens with one attached hydrogen (secondary N) is 1. The van der Waals surface area contributed by atoms with Gasteiger partial charge in [-0.1, -0.05) is 0 Å². The minimum atomic E-state index is -0.223. The molecule has 1 aromatic carbocycles. The fraction of sp³-hybridized carbons (Fsp3) is 0.462. The van der Waals surface area contributed by atoms with Crippen molar-refractivity contribution in [3.05, 3.63) is 26.6 Å². The fourth-order valence-corrected chi connectivity index (χ4v) is 3.10. The summed E-state index contributed by atoms with van der Waals surface area (Å²) in [5.74, 6) is 0.302. The van der Waals surface area contributed by atoms with Gasteiger partial charge < -0.3 is 19.9 Å². The average molecular weight is 411 g/mol. The molecule has 20 heavy (non-hydrogen) atoms. The van der Waals surface area contributed by atoms with Crippen molar-refractivity contribution in [2.45, 2.75) is 19.6 Å². The number of aliphatic hydroxyl groups is 1. The lowest BCUT2D eigenvalue weighted by Crippen LogP contribution is -2.38. The van der Waals surface area contributed by atoms with Crippen LogP contribution in [-0.4, -0.2) is 37.4 Å². The Labute approximate surface area is 134 Å². The van der Waals surface area contributed by atoms with E-state index in [1.807, 2.05) is 6.92 Å². The number of carbonyl (C=O) groups excluding carboxylic acids is 1. The van der Waals surface area contributed by atoms with Gasteiger partial charge in [-0.3, -0.25) is 4.79 Å². The number of rotatable bonds is 7. The molecule has 0 aliphatic carbocycles. The lowest BCUT2D eigenvalue weighted by molar-refractivity contribution is -0.124. The van der Waals surface area contributed by atoms with Gasteiger partial charge in [0.25, 0.3) is 5.91 Å². The summed E-state index contributed by atoms with van der Waals surface area (Å²) in [6, 6.07) is 3.41. The Morgan fingerprint density at radius 3 is 2.50 bits per heavy atom. The molecular formula is C13H17Br2NO4. The van der Waals surface area contributed by atoms with Crippen LogP contribution in [-0.2, 0) is 16.1 Å². The minimum absolute atomic E-state index is 0.0630.